The van der Waals surface area contributed by atoms with E-state index in [1.807, 2.05) is 0 Å². The Hall–Kier alpha value is -3.85. The molecule has 0 aliphatic rings. The van der Waals surface area contributed by atoms with E-state index in [2.05, 4.69) is 22.5 Å². The molecule has 2 aromatic carbocycles. The van der Waals surface area contributed by atoms with E-state index >= 15 is 0 Å². The summed E-state index contributed by atoms with van der Waals surface area (Å²) in [4.78, 5) is 34.5. The Morgan fingerprint density at radius 2 is 1.93 bits per heavy atom. The van der Waals surface area contributed by atoms with Crippen LogP contribution < -0.4 is 16.0 Å². The molecule has 0 spiro atoms. The van der Waals surface area contributed by atoms with Gasteiger partial charge >= 0.3 is 0 Å². The lowest BCUT2D eigenvalue weighted by atomic mass is 10.1. The minimum absolute atomic E-state index is 0.00247. The van der Waals surface area contributed by atoms with Gasteiger partial charge in [-0.2, -0.15) is 0 Å². The molecule has 0 aliphatic heterocycles. The molecule has 2 rings (SSSR count). The van der Waals surface area contributed by atoms with E-state index in [-0.39, 0.29) is 16.7 Å². The van der Waals surface area contributed by atoms with Gasteiger partial charge in [0, 0.05) is 24.8 Å². The fourth-order valence-electron chi connectivity index (χ4n) is 2.27. The van der Waals surface area contributed by atoms with Gasteiger partial charge in [0.1, 0.15) is 0 Å². The standard InChI is InChI=1S/C20H18N4O4S/c1-2-12-21-19(26)16-8-3-4-9-17(16)22-20(29)23-18(25)11-10-14-6-5-7-15(13-14)24(27)28/h2-11,13H,1,12H2,(H,21,26)(H2,22,23,25,29)/b11-10+. The summed E-state index contributed by atoms with van der Waals surface area (Å²) in [7, 11) is 0. The normalized spacial score (nSPS) is 10.2. The zero-order chi connectivity index (χ0) is 21.2. The van der Waals surface area contributed by atoms with E-state index in [0.29, 0.717) is 23.4 Å². The first-order valence-corrected chi connectivity index (χ1v) is 8.84. The predicted octanol–water partition coefficient (Wildman–Crippen LogP) is 3.04. The van der Waals surface area contributed by atoms with Crippen LogP contribution in [0.4, 0.5) is 11.4 Å². The maximum Gasteiger partial charge on any atom is 0.270 e. The molecule has 148 valence electrons. The highest BCUT2D eigenvalue weighted by molar-refractivity contribution is 7.80. The van der Waals surface area contributed by atoms with Crippen molar-refractivity contribution in [1.29, 1.82) is 0 Å². The zero-order valence-corrected chi connectivity index (χ0v) is 16.1. The Labute approximate surface area is 172 Å². The molecule has 0 saturated carbocycles. The number of nitro groups is 1. The molecule has 0 heterocycles. The highest BCUT2D eigenvalue weighted by Crippen LogP contribution is 2.15. The van der Waals surface area contributed by atoms with Crippen LogP contribution in [0.15, 0.2) is 67.3 Å². The average Bonchev–Trinajstić information content (AvgIpc) is 2.71. The number of carbonyl (C=O) groups excluding carboxylic acids is 2. The Bertz CT molecular complexity index is 988. The Kier molecular flexibility index (Phi) is 7.75. The van der Waals surface area contributed by atoms with Crippen molar-refractivity contribution >= 4 is 46.6 Å². The molecule has 3 N–H and O–H groups in total. The van der Waals surface area contributed by atoms with Gasteiger partial charge < -0.3 is 10.6 Å². The van der Waals surface area contributed by atoms with Crippen molar-refractivity contribution < 1.29 is 14.5 Å². The molecule has 2 amide bonds. The van der Waals surface area contributed by atoms with Gasteiger partial charge in [-0.15, -0.1) is 6.58 Å². The fourth-order valence-corrected chi connectivity index (χ4v) is 2.48. The molecule has 0 unspecified atom stereocenters. The van der Waals surface area contributed by atoms with Crippen molar-refractivity contribution in [2.45, 2.75) is 0 Å². The van der Waals surface area contributed by atoms with Crippen molar-refractivity contribution in [2.24, 2.45) is 0 Å². The lowest BCUT2D eigenvalue weighted by Crippen LogP contribution is -2.34. The van der Waals surface area contributed by atoms with Gasteiger partial charge in [0.05, 0.1) is 16.2 Å². The number of carbonyl (C=O) groups is 2. The van der Waals surface area contributed by atoms with Crippen molar-refractivity contribution in [3.05, 3.63) is 88.5 Å². The number of non-ortho nitro benzene ring substituents is 1. The number of hydrogen-bond acceptors (Lipinski definition) is 5. The molecule has 9 heteroatoms. The summed E-state index contributed by atoms with van der Waals surface area (Å²) in [5.41, 5.74) is 1.22. The van der Waals surface area contributed by atoms with Crippen LogP contribution in [-0.4, -0.2) is 28.4 Å². The van der Waals surface area contributed by atoms with Crippen molar-refractivity contribution in [1.82, 2.24) is 10.6 Å². The van der Waals surface area contributed by atoms with Crippen LogP contribution in [0.25, 0.3) is 6.08 Å². The molecular weight excluding hydrogens is 392 g/mol. The number of para-hydroxylation sites is 1. The van der Waals surface area contributed by atoms with Crippen molar-refractivity contribution in [3.63, 3.8) is 0 Å². The number of nitrogens with zero attached hydrogens (tertiary/aromatic N) is 1. The molecule has 0 fully saturated rings. The summed E-state index contributed by atoms with van der Waals surface area (Å²) in [5, 5.41) is 18.7. The first-order chi connectivity index (χ1) is 13.9. The Balaban J connectivity index is 2.00. The highest BCUT2D eigenvalue weighted by atomic mass is 32.1. The minimum Gasteiger partial charge on any atom is -0.349 e. The number of amides is 2. The van der Waals surface area contributed by atoms with E-state index in [1.54, 1.807) is 36.4 Å². The van der Waals surface area contributed by atoms with Gasteiger partial charge in [-0.25, -0.2) is 0 Å². The molecule has 2 aromatic rings. The molecule has 0 atom stereocenters. The number of benzene rings is 2. The number of thiocarbonyl (C=S) groups is 1. The van der Waals surface area contributed by atoms with Gasteiger partial charge in [-0.3, -0.25) is 25.0 Å². The average molecular weight is 410 g/mol. The highest BCUT2D eigenvalue weighted by Gasteiger charge is 2.11. The van der Waals surface area contributed by atoms with Crippen molar-refractivity contribution in [2.75, 3.05) is 11.9 Å². The van der Waals surface area contributed by atoms with E-state index in [0.717, 1.165) is 0 Å². The van der Waals surface area contributed by atoms with E-state index in [4.69, 9.17) is 12.2 Å². The predicted molar refractivity (Wildman–Crippen MR) is 115 cm³/mol. The van der Waals surface area contributed by atoms with Gasteiger partial charge in [0.2, 0.25) is 5.91 Å². The van der Waals surface area contributed by atoms with Gasteiger partial charge in [-0.05, 0) is 36.0 Å². The largest absolute Gasteiger partial charge is 0.349 e. The second-order valence-corrected chi connectivity index (χ2v) is 6.08. The first kappa shape index (κ1) is 21.5. The fraction of sp³-hybridized carbons (Fsp3) is 0.0500. The summed E-state index contributed by atoms with van der Waals surface area (Å²) < 4.78 is 0. The number of rotatable bonds is 7. The third-order valence-corrected chi connectivity index (χ3v) is 3.78. The zero-order valence-electron chi connectivity index (χ0n) is 15.3. The number of nitrogens with one attached hydrogen (secondary N) is 3. The van der Waals surface area contributed by atoms with Crippen LogP contribution in [-0.2, 0) is 4.79 Å². The topological polar surface area (TPSA) is 113 Å². The maximum absolute atomic E-state index is 12.2. The van der Waals surface area contributed by atoms with Crippen LogP contribution in [0.2, 0.25) is 0 Å². The molecule has 29 heavy (non-hydrogen) atoms. The summed E-state index contributed by atoms with van der Waals surface area (Å²) in [6.45, 7) is 3.86. The summed E-state index contributed by atoms with van der Waals surface area (Å²) in [6, 6.07) is 12.6. The second-order valence-electron chi connectivity index (χ2n) is 5.67. The monoisotopic (exact) mass is 410 g/mol. The number of anilines is 1. The Morgan fingerprint density at radius 1 is 1.17 bits per heavy atom. The molecule has 0 radical (unpaired) electrons. The molecular formula is C20H18N4O4S. The smallest absolute Gasteiger partial charge is 0.270 e. The quantitative estimate of drug-likeness (QED) is 0.213. The van der Waals surface area contributed by atoms with Crippen LogP contribution >= 0.6 is 12.2 Å². The van der Waals surface area contributed by atoms with Crippen LogP contribution in [0.1, 0.15) is 15.9 Å². The van der Waals surface area contributed by atoms with Crippen molar-refractivity contribution in [3.8, 4) is 0 Å². The second kappa shape index (κ2) is 10.5. The number of nitro benzene ring substituents is 1. The third-order valence-electron chi connectivity index (χ3n) is 3.57. The van der Waals surface area contributed by atoms with Crippen LogP contribution in [0.5, 0.6) is 0 Å². The van der Waals surface area contributed by atoms with Gasteiger partial charge in [0.15, 0.2) is 5.11 Å². The molecule has 0 aromatic heterocycles. The van der Waals surface area contributed by atoms with E-state index in [9.17, 15) is 19.7 Å². The Morgan fingerprint density at radius 3 is 2.66 bits per heavy atom. The SMILES string of the molecule is C=CCNC(=O)c1ccccc1NC(=S)NC(=O)/C=C/c1cccc([N+](=O)[O-])c1. The summed E-state index contributed by atoms with van der Waals surface area (Å²) >= 11 is 5.12. The molecule has 0 aliphatic carbocycles. The first-order valence-electron chi connectivity index (χ1n) is 8.43. The minimum atomic E-state index is -0.525. The van der Waals surface area contributed by atoms with Crippen LogP contribution in [0.3, 0.4) is 0 Å². The van der Waals surface area contributed by atoms with Gasteiger partial charge in [0.25, 0.3) is 11.6 Å². The van der Waals surface area contributed by atoms with E-state index < -0.39 is 10.8 Å². The van der Waals surface area contributed by atoms with E-state index in [1.165, 1.54) is 30.4 Å². The summed E-state index contributed by atoms with van der Waals surface area (Å²) in [6.07, 6.45) is 4.20. The molecule has 0 bridgehead atoms. The molecule has 0 saturated heterocycles. The molecule has 8 nitrogen and oxygen atoms in total. The van der Waals surface area contributed by atoms with Gasteiger partial charge in [-0.1, -0.05) is 30.3 Å². The lowest BCUT2D eigenvalue weighted by Gasteiger charge is -2.12. The number of hydrogen-bond donors (Lipinski definition) is 3. The maximum atomic E-state index is 12.2. The lowest BCUT2D eigenvalue weighted by molar-refractivity contribution is -0.384. The third kappa shape index (κ3) is 6.67. The van der Waals surface area contributed by atoms with Crippen LogP contribution in [0, 0.1) is 10.1 Å². The summed E-state index contributed by atoms with van der Waals surface area (Å²) in [5.74, 6) is -0.838.